The van der Waals surface area contributed by atoms with Gasteiger partial charge in [-0.25, -0.2) is 4.99 Å². The lowest BCUT2D eigenvalue weighted by molar-refractivity contribution is 0.161. The lowest BCUT2D eigenvalue weighted by Crippen LogP contribution is -2.26. The Morgan fingerprint density at radius 1 is 1.75 bits per heavy atom. The van der Waals surface area contributed by atoms with Crippen LogP contribution in [-0.2, 0) is 4.74 Å². The van der Waals surface area contributed by atoms with Crippen molar-refractivity contribution in [2.45, 2.75) is 5.44 Å². The molecule has 2 aliphatic rings. The Bertz CT molecular complexity index is 221. The molecule has 0 amide bonds. The Morgan fingerprint density at radius 3 is 3.33 bits per heavy atom. The summed E-state index contributed by atoms with van der Waals surface area (Å²) in [5, 5.41) is 0. The van der Waals surface area contributed by atoms with E-state index in [0.717, 1.165) is 18.9 Å². The number of likely N-dealkylation sites (N-methyl/N-ethyl adjacent to an activating group) is 1. The lowest BCUT2D eigenvalue weighted by atomic mass is 10.3. The monoisotopic (exact) mass is 184 g/mol. The van der Waals surface area contributed by atoms with Gasteiger partial charge in [0.05, 0.1) is 12.9 Å². The highest BCUT2D eigenvalue weighted by Gasteiger charge is 2.22. The second-order valence-corrected chi connectivity index (χ2v) is 4.13. The fourth-order valence-corrected chi connectivity index (χ4v) is 2.27. The molecular formula is C8H12N2OS. The van der Waals surface area contributed by atoms with Gasteiger partial charge < -0.3 is 9.64 Å². The van der Waals surface area contributed by atoms with Gasteiger partial charge in [0.2, 0.25) is 0 Å². The minimum atomic E-state index is 0.255. The second-order valence-electron chi connectivity index (χ2n) is 2.96. The van der Waals surface area contributed by atoms with E-state index in [0.29, 0.717) is 0 Å². The third-order valence-electron chi connectivity index (χ3n) is 1.86. The normalized spacial score (nSPS) is 29.2. The largest absolute Gasteiger partial charge is 0.362 e. The van der Waals surface area contributed by atoms with Crippen molar-refractivity contribution in [2.24, 2.45) is 4.99 Å². The zero-order valence-electron chi connectivity index (χ0n) is 7.06. The van der Waals surface area contributed by atoms with E-state index < -0.39 is 0 Å². The highest BCUT2D eigenvalue weighted by atomic mass is 32.2. The summed E-state index contributed by atoms with van der Waals surface area (Å²) in [7, 11) is 2.02. The van der Waals surface area contributed by atoms with Crippen LogP contribution in [0.15, 0.2) is 16.8 Å². The maximum atomic E-state index is 5.53. The molecule has 4 heteroatoms. The van der Waals surface area contributed by atoms with E-state index in [4.69, 9.17) is 4.74 Å². The Morgan fingerprint density at radius 2 is 2.67 bits per heavy atom. The third kappa shape index (κ3) is 1.64. The van der Waals surface area contributed by atoms with Crippen LogP contribution in [0, 0.1) is 0 Å². The van der Waals surface area contributed by atoms with Crippen molar-refractivity contribution in [2.75, 3.05) is 26.0 Å². The van der Waals surface area contributed by atoms with E-state index in [1.807, 2.05) is 31.3 Å². The van der Waals surface area contributed by atoms with Crippen LogP contribution in [0.4, 0.5) is 0 Å². The molecule has 0 saturated carbocycles. The summed E-state index contributed by atoms with van der Waals surface area (Å²) in [5.74, 6) is 1.11. The van der Waals surface area contributed by atoms with Gasteiger partial charge in [-0.2, -0.15) is 0 Å². The molecule has 0 radical (unpaired) electrons. The number of aliphatic imine (C=N–C) groups is 1. The quantitative estimate of drug-likeness (QED) is 0.606. The summed E-state index contributed by atoms with van der Waals surface area (Å²) in [5.41, 5.74) is 1.53. The van der Waals surface area contributed by atoms with Crippen molar-refractivity contribution < 1.29 is 4.74 Å². The topological polar surface area (TPSA) is 24.8 Å². The molecule has 3 nitrogen and oxygen atoms in total. The molecule has 1 saturated heterocycles. The molecule has 1 fully saturated rings. The van der Waals surface area contributed by atoms with Crippen LogP contribution < -0.4 is 0 Å². The number of ether oxygens (including phenoxy) is 1. The fraction of sp³-hybridized carbons (Fsp3) is 0.625. The number of hydrogen-bond donors (Lipinski definition) is 0. The molecule has 2 aliphatic heterocycles. The molecule has 1 atom stereocenters. The van der Waals surface area contributed by atoms with Crippen LogP contribution in [0.2, 0.25) is 0 Å². The van der Waals surface area contributed by atoms with Gasteiger partial charge in [0.1, 0.15) is 5.44 Å². The second kappa shape index (κ2) is 3.49. The smallest absolute Gasteiger partial charge is 0.128 e. The average molecular weight is 184 g/mol. The Labute approximate surface area is 76.5 Å². The van der Waals surface area contributed by atoms with Crippen LogP contribution in [0.5, 0.6) is 0 Å². The fourth-order valence-electron chi connectivity index (χ4n) is 1.32. The highest BCUT2D eigenvalue weighted by Crippen LogP contribution is 2.27. The number of hydrogen-bond acceptors (Lipinski definition) is 4. The van der Waals surface area contributed by atoms with E-state index >= 15 is 0 Å². The van der Waals surface area contributed by atoms with Gasteiger partial charge in [-0.05, 0) is 0 Å². The third-order valence-corrected chi connectivity index (χ3v) is 3.00. The molecule has 0 aliphatic carbocycles. The van der Waals surface area contributed by atoms with Gasteiger partial charge >= 0.3 is 0 Å². The molecule has 0 spiro atoms. The molecule has 0 aromatic rings. The maximum absolute atomic E-state index is 5.53. The SMILES string of the molecule is CN1C=NC=C(C2OCCS2)C1. The van der Waals surface area contributed by atoms with E-state index in [-0.39, 0.29) is 5.44 Å². The highest BCUT2D eigenvalue weighted by molar-refractivity contribution is 8.00. The van der Waals surface area contributed by atoms with Crippen molar-refractivity contribution in [1.82, 2.24) is 4.90 Å². The van der Waals surface area contributed by atoms with Gasteiger partial charge in [0.15, 0.2) is 0 Å². The van der Waals surface area contributed by atoms with Gasteiger partial charge in [-0.3, -0.25) is 0 Å². The first-order chi connectivity index (χ1) is 5.86. The maximum Gasteiger partial charge on any atom is 0.128 e. The van der Waals surface area contributed by atoms with Crippen LogP contribution in [0.3, 0.4) is 0 Å². The van der Waals surface area contributed by atoms with E-state index in [1.54, 1.807) is 0 Å². The molecule has 66 valence electrons. The van der Waals surface area contributed by atoms with Gasteiger partial charge in [-0.1, -0.05) is 0 Å². The van der Waals surface area contributed by atoms with E-state index in [1.165, 1.54) is 5.57 Å². The molecule has 0 aromatic carbocycles. The summed E-state index contributed by atoms with van der Waals surface area (Å²) >= 11 is 1.86. The molecule has 2 heterocycles. The van der Waals surface area contributed by atoms with Crippen molar-refractivity contribution >= 4 is 18.1 Å². The molecule has 1 unspecified atom stereocenters. The van der Waals surface area contributed by atoms with Crippen molar-refractivity contribution in [3.05, 3.63) is 11.8 Å². The first kappa shape index (κ1) is 8.13. The summed E-state index contributed by atoms with van der Waals surface area (Å²) in [6.45, 7) is 1.82. The van der Waals surface area contributed by atoms with Gasteiger partial charge in [0, 0.05) is 31.1 Å². The van der Waals surface area contributed by atoms with Gasteiger partial charge in [-0.15, -0.1) is 11.8 Å². The van der Waals surface area contributed by atoms with Crippen molar-refractivity contribution in [1.29, 1.82) is 0 Å². The Hall–Kier alpha value is -0.480. The minimum absolute atomic E-state index is 0.255. The predicted octanol–water partition coefficient (Wildman–Crippen LogP) is 0.933. The van der Waals surface area contributed by atoms with Crippen LogP contribution >= 0.6 is 11.8 Å². The van der Waals surface area contributed by atoms with Crippen molar-refractivity contribution in [3.8, 4) is 0 Å². The zero-order valence-corrected chi connectivity index (χ0v) is 7.88. The summed E-state index contributed by atoms with van der Waals surface area (Å²) < 4.78 is 5.53. The first-order valence-corrected chi connectivity index (χ1v) is 5.07. The average Bonchev–Trinajstić information content (AvgIpc) is 2.56. The van der Waals surface area contributed by atoms with Gasteiger partial charge in [0.25, 0.3) is 0 Å². The van der Waals surface area contributed by atoms with Crippen LogP contribution in [0.1, 0.15) is 0 Å². The molecule has 2 rings (SSSR count). The number of rotatable bonds is 1. The predicted molar refractivity (Wildman–Crippen MR) is 51.4 cm³/mol. The summed E-state index contributed by atoms with van der Waals surface area (Å²) in [4.78, 5) is 6.20. The van der Waals surface area contributed by atoms with E-state index in [9.17, 15) is 0 Å². The Balaban J connectivity index is 2.02. The molecule has 12 heavy (non-hydrogen) atoms. The van der Waals surface area contributed by atoms with Crippen molar-refractivity contribution in [3.63, 3.8) is 0 Å². The van der Waals surface area contributed by atoms with Crippen LogP contribution in [-0.4, -0.2) is 42.6 Å². The first-order valence-electron chi connectivity index (χ1n) is 4.02. The Kier molecular flexibility index (Phi) is 2.37. The molecule has 0 bridgehead atoms. The molecular weight excluding hydrogens is 172 g/mol. The molecule has 0 N–H and O–H groups in total. The standard InChI is InChI=1S/C8H12N2OS/c1-10-5-7(4-9-6-10)8-11-2-3-12-8/h4,6,8H,2-3,5H2,1H3. The minimum Gasteiger partial charge on any atom is -0.362 e. The van der Waals surface area contributed by atoms with Crippen LogP contribution in [0.25, 0.3) is 0 Å². The number of thioether (sulfide) groups is 1. The summed E-state index contributed by atoms with van der Waals surface area (Å²) in [6, 6.07) is 0. The molecule has 0 aromatic heterocycles. The zero-order chi connectivity index (χ0) is 8.39. The van der Waals surface area contributed by atoms with E-state index in [2.05, 4.69) is 9.89 Å². The lowest BCUT2D eigenvalue weighted by Gasteiger charge is -2.21. The number of nitrogens with zero attached hydrogens (tertiary/aromatic N) is 2. The summed E-state index contributed by atoms with van der Waals surface area (Å²) in [6.07, 6.45) is 3.76.